The fourth-order valence-electron chi connectivity index (χ4n) is 0.824. The molecule has 68 valence electrons. The molecule has 0 aliphatic rings. The molecule has 5 heteroatoms. The third-order valence-corrected chi connectivity index (χ3v) is 2.19. The van der Waals surface area contributed by atoms with Crippen molar-refractivity contribution in [1.29, 1.82) is 5.26 Å². The van der Waals surface area contributed by atoms with Crippen molar-refractivity contribution in [2.75, 3.05) is 6.26 Å². The molecule has 1 rings (SSSR count). The lowest BCUT2D eigenvalue weighted by Crippen LogP contribution is -1.96. The van der Waals surface area contributed by atoms with Gasteiger partial charge in [-0.3, -0.25) is 0 Å². The molecule has 0 bridgehead atoms. The van der Waals surface area contributed by atoms with Gasteiger partial charge in [-0.2, -0.15) is 5.26 Å². The van der Waals surface area contributed by atoms with Gasteiger partial charge < -0.3 is 0 Å². The van der Waals surface area contributed by atoms with Crippen LogP contribution in [0.4, 0.5) is 13.2 Å². The Kier molecular flexibility index (Phi) is 2.83. The number of hydrogen-bond donors (Lipinski definition) is 0. The Morgan fingerprint density at radius 3 is 2.38 bits per heavy atom. The van der Waals surface area contributed by atoms with Crippen molar-refractivity contribution in [2.24, 2.45) is 0 Å². The van der Waals surface area contributed by atoms with Gasteiger partial charge in [0.25, 0.3) is 0 Å². The van der Waals surface area contributed by atoms with E-state index in [0.717, 1.165) is 17.8 Å². The van der Waals surface area contributed by atoms with Crippen LogP contribution in [0.25, 0.3) is 0 Å². The molecular formula is C8H4F3NS. The number of nitrogens with zero attached hydrogens (tertiary/aromatic N) is 1. The van der Waals surface area contributed by atoms with Crippen LogP contribution in [0.2, 0.25) is 0 Å². The maximum atomic E-state index is 12.9. The van der Waals surface area contributed by atoms with E-state index in [-0.39, 0.29) is 4.90 Å². The van der Waals surface area contributed by atoms with Crippen LogP contribution in [0.5, 0.6) is 0 Å². The van der Waals surface area contributed by atoms with E-state index < -0.39 is 23.0 Å². The highest BCUT2D eigenvalue weighted by molar-refractivity contribution is 7.98. The molecule has 0 N–H and O–H groups in total. The lowest BCUT2D eigenvalue weighted by atomic mass is 10.2. The first kappa shape index (κ1) is 9.93. The molecule has 0 heterocycles. The second-order valence-electron chi connectivity index (χ2n) is 2.18. The van der Waals surface area contributed by atoms with E-state index in [4.69, 9.17) is 5.26 Å². The van der Waals surface area contributed by atoms with Crippen molar-refractivity contribution in [3.8, 4) is 6.07 Å². The van der Waals surface area contributed by atoms with Crippen LogP contribution in [0, 0.1) is 28.8 Å². The lowest BCUT2D eigenvalue weighted by molar-refractivity contribution is 0.473. The van der Waals surface area contributed by atoms with Crippen molar-refractivity contribution in [3.63, 3.8) is 0 Å². The number of hydrogen-bond acceptors (Lipinski definition) is 2. The minimum atomic E-state index is -1.42. The molecule has 1 aromatic carbocycles. The van der Waals surface area contributed by atoms with E-state index in [2.05, 4.69) is 0 Å². The summed E-state index contributed by atoms with van der Waals surface area (Å²) in [5.41, 5.74) is -0.879. The van der Waals surface area contributed by atoms with Gasteiger partial charge in [0.15, 0.2) is 11.6 Å². The molecule has 0 aromatic heterocycles. The predicted molar refractivity (Wildman–Crippen MR) is 42.8 cm³/mol. The summed E-state index contributed by atoms with van der Waals surface area (Å²) < 4.78 is 38.6. The molecule has 0 unspecified atom stereocenters. The van der Waals surface area contributed by atoms with Gasteiger partial charge >= 0.3 is 0 Å². The number of thioether (sulfide) groups is 1. The van der Waals surface area contributed by atoms with Crippen molar-refractivity contribution < 1.29 is 13.2 Å². The number of rotatable bonds is 1. The Balaban J connectivity index is 3.48. The van der Waals surface area contributed by atoms with Crippen molar-refractivity contribution in [1.82, 2.24) is 0 Å². The fourth-order valence-corrected chi connectivity index (χ4v) is 1.31. The van der Waals surface area contributed by atoms with E-state index in [1.54, 1.807) is 0 Å². The molecule has 0 atom stereocenters. The highest BCUT2D eigenvalue weighted by Crippen LogP contribution is 2.25. The molecule has 13 heavy (non-hydrogen) atoms. The van der Waals surface area contributed by atoms with Gasteiger partial charge in [-0.05, 0) is 12.3 Å². The first-order valence-electron chi connectivity index (χ1n) is 3.23. The summed E-state index contributed by atoms with van der Waals surface area (Å²) in [6.45, 7) is 0. The maximum absolute atomic E-state index is 12.9. The zero-order chi connectivity index (χ0) is 10.0. The van der Waals surface area contributed by atoms with Crippen LogP contribution < -0.4 is 0 Å². The molecule has 0 saturated heterocycles. The van der Waals surface area contributed by atoms with E-state index in [0.29, 0.717) is 0 Å². The molecule has 0 fully saturated rings. The van der Waals surface area contributed by atoms with Gasteiger partial charge in [-0.1, -0.05) is 0 Å². The Bertz CT molecular complexity index is 383. The molecule has 1 nitrogen and oxygen atoms in total. The molecule has 0 radical (unpaired) electrons. The average molecular weight is 203 g/mol. The molecule has 0 spiro atoms. The standard InChI is InChI=1S/C8H4F3NS/c1-13-6-2-5(9)4(3-12)7(10)8(6)11/h2H,1H3. The van der Waals surface area contributed by atoms with Gasteiger partial charge in [-0.25, -0.2) is 13.2 Å². The van der Waals surface area contributed by atoms with Gasteiger partial charge in [-0.15, -0.1) is 11.8 Å². The zero-order valence-corrected chi connectivity index (χ0v) is 7.38. The summed E-state index contributed by atoms with van der Waals surface area (Å²) in [5.74, 6) is -3.64. The Morgan fingerprint density at radius 2 is 1.92 bits per heavy atom. The summed E-state index contributed by atoms with van der Waals surface area (Å²) in [4.78, 5) is -0.144. The summed E-state index contributed by atoms with van der Waals surface area (Å²) >= 11 is 0.879. The summed E-state index contributed by atoms with van der Waals surface area (Å²) in [7, 11) is 0. The van der Waals surface area contributed by atoms with Crippen molar-refractivity contribution in [3.05, 3.63) is 29.1 Å². The summed E-state index contributed by atoms with van der Waals surface area (Å²) in [6, 6.07) is 2.06. The zero-order valence-electron chi connectivity index (χ0n) is 6.57. The predicted octanol–water partition coefficient (Wildman–Crippen LogP) is 2.70. The van der Waals surface area contributed by atoms with Crippen LogP contribution in [-0.2, 0) is 0 Å². The fraction of sp³-hybridized carbons (Fsp3) is 0.125. The maximum Gasteiger partial charge on any atom is 0.180 e. The van der Waals surface area contributed by atoms with Crippen LogP contribution in [0.15, 0.2) is 11.0 Å². The molecule has 0 amide bonds. The van der Waals surface area contributed by atoms with Gasteiger partial charge in [0, 0.05) is 4.90 Å². The van der Waals surface area contributed by atoms with Gasteiger partial charge in [0.05, 0.1) is 0 Å². The van der Waals surface area contributed by atoms with E-state index >= 15 is 0 Å². The molecule has 0 saturated carbocycles. The number of halogens is 3. The highest BCUT2D eigenvalue weighted by atomic mass is 32.2. The molecule has 1 aromatic rings. The van der Waals surface area contributed by atoms with Crippen LogP contribution in [-0.4, -0.2) is 6.26 Å². The smallest absolute Gasteiger partial charge is 0.180 e. The first-order valence-corrected chi connectivity index (χ1v) is 4.46. The third-order valence-electron chi connectivity index (χ3n) is 1.46. The third kappa shape index (κ3) is 1.63. The quantitative estimate of drug-likeness (QED) is 0.517. The largest absolute Gasteiger partial charge is 0.205 e. The van der Waals surface area contributed by atoms with E-state index in [9.17, 15) is 13.2 Å². The average Bonchev–Trinajstić information content (AvgIpc) is 2.12. The minimum absolute atomic E-state index is 0.144. The second kappa shape index (κ2) is 3.71. The second-order valence-corrected chi connectivity index (χ2v) is 3.02. The Morgan fingerprint density at radius 1 is 1.31 bits per heavy atom. The van der Waals surface area contributed by atoms with E-state index in [1.807, 2.05) is 0 Å². The molecule has 0 aliphatic heterocycles. The topological polar surface area (TPSA) is 23.8 Å². The Hall–Kier alpha value is -1.15. The van der Waals surface area contributed by atoms with Crippen LogP contribution in [0.1, 0.15) is 5.56 Å². The van der Waals surface area contributed by atoms with Crippen molar-refractivity contribution in [2.45, 2.75) is 4.90 Å². The number of benzene rings is 1. The molecule has 0 aliphatic carbocycles. The van der Waals surface area contributed by atoms with Crippen LogP contribution >= 0.6 is 11.8 Å². The summed E-state index contributed by atoms with van der Waals surface area (Å²) in [5, 5.41) is 8.28. The summed E-state index contributed by atoms with van der Waals surface area (Å²) in [6.07, 6.45) is 1.49. The van der Waals surface area contributed by atoms with Crippen LogP contribution in [0.3, 0.4) is 0 Å². The number of nitriles is 1. The monoisotopic (exact) mass is 203 g/mol. The first-order chi connectivity index (χ1) is 6.11. The normalized spacial score (nSPS) is 9.77. The molecular weight excluding hydrogens is 199 g/mol. The highest BCUT2D eigenvalue weighted by Gasteiger charge is 2.17. The lowest BCUT2D eigenvalue weighted by Gasteiger charge is -2.02. The van der Waals surface area contributed by atoms with Gasteiger partial charge in [0.2, 0.25) is 0 Å². The SMILES string of the molecule is CSc1cc(F)c(C#N)c(F)c1F. The van der Waals surface area contributed by atoms with Crippen molar-refractivity contribution >= 4 is 11.8 Å². The van der Waals surface area contributed by atoms with Gasteiger partial charge in [0.1, 0.15) is 17.4 Å². The minimum Gasteiger partial charge on any atom is -0.205 e. The van der Waals surface area contributed by atoms with E-state index in [1.165, 1.54) is 12.3 Å². The Labute approximate surface area is 77.2 Å².